The Bertz CT molecular complexity index is 742. The maximum absolute atomic E-state index is 12.6. The summed E-state index contributed by atoms with van der Waals surface area (Å²) < 4.78 is 5.68. The van der Waals surface area contributed by atoms with Gasteiger partial charge in [-0.15, -0.1) is 0 Å². The molecule has 1 aromatic heterocycles. The number of amides is 1. The molecule has 2 aromatic rings. The van der Waals surface area contributed by atoms with E-state index in [4.69, 9.17) is 10.2 Å². The van der Waals surface area contributed by atoms with Gasteiger partial charge in [-0.05, 0) is 58.2 Å². The van der Waals surface area contributed by atoms with E-state index in [2.05, 4.69) is 15.2 Å². The second kappa shape index (κ2) is 8.23. The third-order valence-electron chi connectivity index (χ3n) is 5.54. The predicted molar refractivity (Wildman–Crippen MR) is 105 cm³/mol. The standard InChI is InChI=1S/C21H30N4O2/c1-15-16(2)27-19(24-15)14-25-11-9-17(10-12-25)13-23-20(26)21(3,22)18-7-5-4-6-8-18/h4-8,17H,9-14,22H2,1-3H3,(H,23,26). The molecule has 0 spiro atoms. The van der Waals surface area contributed by atoms with Crippen LogP contribution >= 0.6 is 0 Å². The number of hydrogen-bond acceptors (Lipinski definition) is 5. The molecule has 1 saturated heterocycles. The quantitative estimate of drug-likeness (QED) is 0.816. The summed E-state index contributed by atoms with van der Waals surface area (Å²) in [6.07, 6.45) is 2.09. The first-order valence-electron chi connectivity index (χ1n) is 9.64. The van der Waals surface area contributed by atoms with Crippen LogP contribution in [0, 0.1) is 19.8 Å². The van der Waals surface area contributed by atoms with E-state index >= 15 is 0 Å². The van der Waals surface area contributed by atoms with Crippen LogP contribution in [0.3, 0.4) is 0 Å². The van der Waals surface area contributed by atoms with Crippen LogP contribution in [0.2, 0.25) is 0 Å². The van der Waals surface area contributed by atoms with Crippen LogP contribution in [-0.2, 0) is 16.9 Å². The molecule has 27 heavy (non-hydrogen) atoms. The molecule has 0 bridgehead atoms. The Balaban J connectivity index is 1.44. The molecule has 3 rings (SSSR count). The first-order chi connectivity index (χ1) is 12.9. The maximum atomic E-state index is 12.6. The summed E-state index contributed by atoms with van der Waals surface area (Å²) in [5.41, 5.74) is 7.06. The molecule has 6 nitrogen and oxygen atoms in total. The molecule has 1 aromatic carbocycles. The van der Waals surface area contributed by atoms with E-state index in [1.165, 1.54) is 0 Å². The minimum atomic E-state index is -1.01. The summed E-state index contributed by atoms with van der Waals surface area (Å²) in [5.74, 6) is 2.04. The molecule has 0 aliphatic carbocycles. The second-order valence-electron chi connectivity index (χ2n) is 7.75. The zero-order valence-electron chi connectivity index (χ0n) is 16.5. The number of aryl methyl sites for hydroxylation is 2. The molecule has 1 aliphatic rings. The average molecular weight is 370 g/mol. The third-order valence-corrected chi connectivity index (χ3v) is 5.54. The molecule has 6 heteroatoms. The van der Waals surface area contributed by atoms with Crippen molar-refractivity contribution in [3.05, 3.63) is 53.2 Å². The molecule has 1 unspecified atom stereocenters. The Morgan fingerprint density at radius 3 is 2.56 bits per heavy atom. The lowest BCUT2D eigenvalue weighted by atomic mass is 9.91. The van der Waals surface area contributed by atoms with Gasteiger partial charge in [-0.3, -0.25) is 9.69 Å². The van der Waals surface area contributed by atoms with Crippen molar-refractivity contribution in [2.24, 2.45) is 11.7 Å². The Morgan fingerprint density at radius 2 is 1.96 bits per heavy atom. The highest BCUT2D eigenvalue weighted by atomic mass is 16.4. The van der Waals surface area contributed by atoms with Crippen LogP contribution < -0.4 is 11.1 Å². The monoisotopic (exact) mass is 370 g/mol. The molecule has 1 fully saturated rings. The van der Waals surface area contributed by atoms with Gasteiger partial charge in [-0.25, -0.2) is 4.98 Å². The first-order valence-corrected chi connectivity index (χ1v) is 9.64. The Morgan fingerprint density at radius 1 is 1.30 bits per heavy atom. The van der Waals surface area contributed by atoms with Crippen LogP contribution in [0.4, 0.5) is 0 Å². The van der Waals surface area contributed by atoms with Gasteiger partial charge in [0, 0.05) is 6.54 Å². The van der Waals surface area contributed by atoms with Gasteiger partial charge in [-0.2, -0.15) is 0 Å². The van der Waals surface area contributed by atoms with Crippen molar-refractivity contribution < 1.29 is 9.21 Å². The molecule has 146 valence electrons. The lowest BCUT2D eigenvalue weighted by molar-refractivity contribution is -0.126. The van der Waals surface area contributed by atoms with Crippen molar-refractivity contribution in [1.82, 2.24) is 15.2 Å². The number of nitrogens with zero attached hydrogens (tertiary/aromatic N) is 2. The molecular formula is C21H30N4O2. The summed E-state index contributed by atoms with van der Waals surface area (Å²) in [6, 6.07) is 9.51. The smallest absolute Gasteiger partial charge is 0.244 e. The largest absolute Gasteiger partial charge is 0.444 e. The fourth-order valence-corrected chi connectivity index (χ4v) is 3.48. The van der Waals surface area contributed by atoms with E-state index in [9.17, 15) is 4.79 Å². The van der Waals surface area contributed by atoms with Gasteiger partial charge in [0.25, 0.3) is 0 Å². The molecular weight excluding hydrogens is 340 g/mol. The van der Waals surface area contributed by atoms with Gasteiger partial charge in [0.05, 0.1) is 12.2 Å². The van der Waals surface area contributed by atoms with Crippen molar-refractivity contribution in [1.29, 1.82) is 0 Å². The highest BCUT2D eigenvalue weighted by Gasteiger charge is 2.31. The van der Waals surface area contributed by atoms with Gasteiger partial charge < -0.3 is 15.5 Å². The van der Waals surface area contributed by atoms with Crippen molar-refractivity contribution in [2.45, 2.75) is 45.7 Å². The predicted octanol–water partition coefficient (Wildman–Crippen LogP) is 2.49. The molecule has 0 radical (unpaired) electrons. The van der Waals surface area contributed by atoms with Crippen LogP contribution in [0.1, 0.15) is 42.7 Å². The lowest BCUT2D eigenvalue weighted by Gasteiger charge is -2.32. The van der Waals surface area contributed by atoms with E-state index in [0.717, 1.165) is 55.4 Å². The highest BCUT2D eigenvalue weighted by molar-refractivity contribution is 5.86. The third kappa shape index (κ3) is 4.76. The maximum Gasteiger partial charge on any atom is 0.244 e. The van der Waals surface area contributed by atoms with Crippen LogP contribution in [-0.4, -0.2) is 35.4 Å². The van der Waals surface area contributed by atoms with Gasteiger partial charge in [-0.1, -0.05) is 30.3 Å². The van der Waals surface area contributed by atoms with Crippen LogP contribution in [0.5, 0.6) is 0 Å². The fraction of sp³-hybridized carbons (Fsp3) is 0.524. The summed E-state index contributed by atoms with van der Waals surface area (Å²) in [4.78, 5) is 19.4. The SMILES string of the molecule is Cc1nc(CN2CCC(CNC(=O)C(C)(N)c3ccccc3)CC2)oc1C. The number of nitrogens with two attached hydrogens (primary N) is 1. The lowest BCUT2D eigenvalue weighted by Crippen LogP contribution is -2.50. The number of nitrogens with one attached hydrogen (secondary N) is 1. The zero-order chi connectivity index (χ0) is 19.4. The van der Waals surface area contributed by atoms with Gasteiger partial charge in [0.1, 0.15) is 11.3 Å². The van der Waals surface area contributed by atoms with Gasteiger partial charge in [0.15, 0.2) is 0 Å². The summed E-state index contributed by atoms with van der Waals surface area (Å²) >= 11 is 0. The fourth-order valence-electron chi connectivity index (χ4n) is 3.48. The number of benzene rings is 1. The molecule has 3 N–H and O–H groups in total. The van der Waals surface area contributed by atoms with Crippen LogP contribution in [0.15, 0.2) is 34.7 Å². The Hall–Kier alpha value is -2.18. The van der Waals surface area contributed by atoms with Crippen molar-refractivity contribution >= 4 is 5.91 Å². The Kier molecular flexibility index (Phi) is 5.97. The van der Waals surface area contributed by atoms with Gasteiger partial charge >= 0.3 is 0 Å². The van der Waals surface area contributed by atoms with E-state index < -0.39 is 5.54 Å². The minimum Gasteiger partial charge on any atom is -0.444 e. The summed E-state index contributed by atoms with van der Waals surface area (Å²) in [5, 5.41) is 3.05. The highest BCUT2D eigenvalue weighted by Crippen LogP contribution is 2.21. The van der Waals surface area contributed by atoms with Crippen LogP contribution in [0.25, 0.3) is 0 Å². The average Bonchev–Trinajstić information content (AvgIpc) is 2.98. The number of likely N-dealkylation sites (tertiary alicyclic amines) is 1. The first kappa shape index (κ1) is 19.6. The van der Waals surface area contributed by atoms with Crippen molar-refractivity contribution in [3.63, 3.8) is 0 Å². The van der Waals surface area contributed by atoms with Gasteiger partial charge in [0.2, 0.25) is 11.8 Å². The molecule has 0 saturated carbocycles. The van der Waals surface area contributed by atoms with E-state index in [1.54, 1.807) is 6.92 Å². The molecule has 1 atom stereocenters. The number of oxazole rings is 1. The van der Waals surface area contributed by atoms with Crippen molar-refractivity contribution in [3.8, 4) is 0 Å². The molecule has 1 amide bonds. The summed E-state index contributed by atoms with van der Waals surface area (Å²) in [6.45, 7) is 9.07. The van der Waals surface area contributed by atoms with E-state index in [-0.39, 0.29) is 5.91 Å². The van der Waals surface area contributed by atoms with E-state index in [1.807, 2.05) is 44.2 Å². The number of piperidine rings is 1. The number of carbonyl (C=O) groups excluding carboxylic acids is 1. The number of hydrogen-bond donors (Lipinski definition) is 2. The normalized spacial score (nSPS) is 18.2. The number of rotatable bonds is 6. The second-order valence-corrected chi connectivity index (χ2v) is 7.75. The molecule has 2 heterocycles. The van der Waals surface area contributed by atoms with Crippen molar-refractivity contribution in [2.75, 3.05) is 19.6 Å². The van der Waals surface area contributed by atoms with E-state index in [0.29, 0.717) is 12.5 Å². The molecule has 1 aliphatic heterocycles. The zero-order valence-corrected chi connectivity index (χ0v) is 16.5. The topological polar surface area (TPSA) is 84.4 Å². The Labute approximate surface area is 161 Å². The number of aromatic nitrogens is 1. The number of carbonyl (C=O) groups is 1. The summed E-state index contributed by atoms with van der Waals surface area (Å²) in [7, 11) is 0. The minimum absolute atomic E-state index is 0.123.